The van der Waals surface area contributed by atoms with Crippen molar-refractivity contribution in [2.24, 2.45) is 5.73 Å². The Kier molecular flexibility index (Phi) is 3.57. The van der Waals surface area contributed by atoms with Crippen molar-refractivity contribution in [3.63, 3.8) is 0 Å². The van der Waals surface area contributed by atoms with Gasteiger partial charge in [0.2, 0.25) is 0 Å². The van der Waals surface area contributed by atoms with Crippen LogP contribution in [-0.4, -0.2) is 17.5 Å². The number of halogens is 1. The molecule has 0 aromatic heterocycles. The highest BCUT2D eigenvalue weighted by Crippen LogP contribution is 2.37. The second kappa shape index (κ2) is 4.74. The summed E-state index contributed by atoms with van der Waals surface area (Å²) in [4.78, 5) is 1.19. The maximum Gasteiger partial charge on any atom is 0.0624 e. The molecule has 0 saturated heterocycles. The van der Waals surface area contributed by atoms with Crippen molar-refractivity contribution in [3.05, 3.63) is 28.3 Å². The lowest BCUT2D eigenvalue weighted by molar-refractivity contribution is 0.268. The average molecular weight is 244 g/mol. The van der Waals surface area contributed by atoms with E-state index in [9.17, 15) is 0 Å². The van der Waals surface area contributed by atoms with Gasteiger partial charge < -0.3 is 10.8 Å². The molecule has 1 aliphatic heterocycles. The minimum Gasteiger partial charge on any atom is -0.394 e. The number of hydrogen-bond acceptors (Lipinski definition) is 3. The van der Waals surface area contributed by atoms with E-state index in [2.05, 4.69) is 6.07 Å². The fraction of sp³-hybridized carbons (Fsp3) is 0.455. The smallest absolute Gasteiger partial charge is 0.0624 e. The van der Waals surface area contributed by atoms with Crippen LogP contribution in [-0.2, 0) is 6.42 Å². The van der Waals surface area contributed by atoms with Gasteiger partial charge in [0.1, 0.15) is 0 Å². The molecule has 2 nitrogen and oxygen atoms in total. The summed E-state index contributed by atoms with van der Waals surface area (Å²) in [6.45, 7) is -0.0394. The van der Waals surface area contributed by atoms with Gasteiger partial charge in [-0.05, 0) is 35.8 Å². The number of thioether (sulfide) groups is 1. The molecular weight excluding hydrogens is 230 g/mol. The lowest BCUT2D eigenvalue weighted by atomic mass is 10.0. The van der Waals surface area contributed by atoms with Gasteiger partial charge in [-0.3, -0.25) is 0 Å². The Bertz CT molecular complexity index is 370. The van der Waals surface area contributed by atoms with Crippen molar-refractivity contribution >= 4 is 23.4 Å². The highest BCUT2D eigenvalue weighted by Gasteiger charge is 2.16. The van der Waals surface area contributed by atoms with Crippen LogP contribution in [0.1, 0.15) is 23.6 Å². The van der Waals surface area contributed by atoms with E-state index < -0.39 is 0 Å². The van der Waals surface area contributed by atoms with Crippen molar-refractivity contribution in [2.75, 3.05) is 12.4 Å². The third-order valence-electron chi connectivity index (χ3n) is 2.60. The fourth-order valence-corrected chi connectivity index (χ4v) is 3.22. The van der Waals surface area contributed by atoms with Crippen LogP contribution >= 0.6 is 23.4 Å². The molecule has 1 aromatic carbocycles. The predicted octanol–water partition coefficient (Wildman–Crippen LogP) is 2.37. The number of rotatable bonds is 2. The quantitative estimate of drug-likeness (QED) is 0.839. The first-order chi connectivity index (χ1) is 7.22. The molecule has 1 atom stereocenters. The van der Waals surface area contributed by atoms with Gasteiger partial charge in [-0.15, -0.1) is 11.8 Å². The summed E-state index contributed by atoms with van der Waals surface area (Å²) < 4.78 is 0. The first-order valence-corrected chi connectivity index (χ1v) is 6.40. The maximum absolute atomic E-state index is 9.01. The Morgan fingerprint density at radius 1 is 1.53 bits per heavy atom. The van der Waals surface area contributed by atoms with E-state index in [1.165, 1.54) is 16.9 Å². The molecule has 82 valence electrons. The molecule has 0 aliphatic carbocycles. The third kappa shape index (κ3) is 2.31. The Morgan fingerprint density at radius 2 is 2.33 bits per heavy atom. The van der Waals surface area contributed by atoms with Gasteiger partial charge >= 0.3 is 0 Å². The van der Waals surface area contributed by atoms with Gasteiger partial charge in [-0.1, -0.05) is 17.7 Å². The van der Waals surface area contributed by atoms with E-state index in [0.29, 0.717) is 0 Å². The molecule has 1 aromatic rings. The van der Waals surface area contributed by atoms with E-state index >= 15 is 0 Å². The highest BCUT2D eigenvalue weighted by molar-refractivity contribution is 7.99. The zero-order valence-electron chi connectivity index (χ0n) is 8.37. The second-order valence-electron chi connectivity index (χ2n) is 3.73. The molecule has 1 unspecified atom stereocenters. The minimum atomic E-state index is -0.320. The number of aryl methyl sites for hydroxylation is 1. The zero-order valence-corrected chi connectivity index (χ0v) is 9.94. The summed E-state index contributed by atoms with van der Waals surface area (Å²) in [7, 11) is 0. The van der Waals surface area contributed by atoms with Crippen LogP contribution in [0, 0.1) is 0 Å². The van der Waals surface area contributed by atoms with Crippen LogP contribution in [0.15, 0.2) is 17.0 Å². The van der Waals surface area contributed by atoms with Crippen molar-refractivity contribution in [1.29, 1.82) is 0 Å². The van der Waals surface area contributed by atoms with Crippen LogP contribution in [0.4, 0.5) is 0 Å². The van der Waals surface area contributed by atoms with Crippen molar-refractivity contribution in [1.82, 2.24) is 0 Å². The van der Waals surface area contributed by atoms with E-state index in [0.717, 1.165) is 22.8 Å². The molecule has 0 saturated carbocycles. The maximum atomic E-state index is 9.01. The minimum absolute atomic E-state index is 0.0394. The van der Waals surface area contributed by atoms with Gasteiger partial charge in [-0.25, -0.2) is 0 Å². The summed E-state index contributed by atoms with van der Waals surface area (Å²) in [5, 5.41) is 9.78. The van der Waals surface area contributed by atoms with Crippen LogP contribution in [0.3, 0.4) is 0 Å². The largest absolute Gasteiger partial charge is 0.394 e. The number of benzene rings is 1. The van der Waals surface area contributed by atoms with Gasteiger partial charge in [0.25, 0.3) is 0 Å². The molecule has 0 spiro atoms. The van der Waals surface area contributed by atoms with Gasteiger partial charge in [0.05, 0.1) is 17.7 Å². The number of hydrogen-bond donors (Lipinski definition) is 2. The Morgan fingerprint density at radius 3 is 3.07 bits per heavy atom. The molecule has 2 rings (SSSR count). The van der Waals surface area contributed by atoms with Gasteiger partial charge in [-0.2, -0.15) is 0 Å². The van der Waals surface area contributed by atoms with Crippen LogP contribution in [0.2, 0.25) is 5.02 Å². The fourth-order valence-electron chi connectivity index (χ4n) is 1.78. The van der Waals surface area contributed by atoms with Crippen molar-refractivity contribution < 1.29 is 5.11 Å². The van der Waals surface area contributed by atoms with Crippen LogP contribution < -0.4 is 5.73 Å². The Hall–Kier alpha value is -0.220. The van der Waals surface area contributed by atoms with Gasteiger partial charge in [0.15, 0.2) is 0 Å². The topological polar surface area (TPSA) is 46.2 Å². The Labute approximate surface area is 98.8 Å². The van der Waals surface area contributed by atoms with E-state index in [-0.39, 0.29) is 12.6 Å². The van der Waals surface area contributed by atoms with Crippen molar-refractivity contribution in [2.45, 2.75) is 23.8 Å². The highest BCUT2D eigenvalue weighted by atomic mass is 35.5. The number of fused-ring (bicyclic) bond motifs is 1. The number of nitrogens with two attached hydrogens (primary N) is 1. The van der Waals surface area contributed by atoms with E-state index in [1.54, 1.807) is 0 Å². The summed E-state index contributed by atoms with van der Waals surface area (Å²) in [6.07, 6.45) is 2.25. The number of aliphatic hydroxyl groups is 1. The molecule has 0 radical (unpaired) electrons. The molecule has 1 aliphatic rings. The molecule has 0 amide bonds. The standard InChI is InChI=1S/C11H14ClNOS/c12-9-5-8(10(13)6-14)4-7-2-1-3-15-11(7)9/h4-5,10,14H,1-3,6,13H2. The summed E-state index contributed by atoms with van der Waals surface area (Å²) >= 11 is 8.00. The van der Waals surface area contributed by atoms with Crippen molar-refractivity contribution in [3.8, 4) is 0 Å². The molecule has 0 fully saturated rings. The monoisotopic (exact) mass is 243 g/mol. The predicted molar refractivity (Wildman–Crippen MR) is 64.5 cm³/mol. The van der Waals surface area contributed by atoms with E-state index in [1.807, 2.05) is 17.8 Å². The summed E-state index contributed by atoms with van der Waals surface area (Å²) in [6, 6.07) is 3.63. The molecule has 3 N–H and O–H groups in total. The van der Waals surface area contributed by atoms with Crippen LogP contribution in [0.25, 0.3) is 0 Å². The Balaban J connectivity index is 2.40. The summed E-state index contributed by atoms with van der Waals surface area (Å²) in [5.41, 5.74) is 7.99. The molecule has 4 heteroatoms. The average Bonchev–Trinajstić information content (AvgIpc) is 2.28. The number of aliphatic hydroxyl groups excluding tert-OH is 1. The zero-order chi connectivity index (χ0) is 10.8. The molecule has 1 heterocycles. The second-order valence-corrected chi connectivity index (χ2v) is 5.24. The van der Waals surface area contributed by atoms with E-state index in [4.69, 9.17) is 22.4 Å². The van der Waals surface area contributed by atoms with Gasteiger partial charge in [0, 0.05) is 4.90 Å². The third-order valence-corrected chi connectivity index (χ3v) is 4.28. The lowest BCUT2D eigenvalue weighted by Gasteiger charge is -2.19. The normalized spacial score (nSPS) is 17.3. The first kappa shape index (κ1) is 11.3. The SMILES string of the molecule is NC(CO)c1cc(Cl)c2c(c1)CCCS2. The molecule has 15 heavy (non-hydrogen) atoms. The summed E-state index contributed by atoms with van der Waals surface area (Å²) in [5.74, 6) is 1.14. The lowest BCUT2D eigenvalue weighted by Crippen LogP contribution is -2.15. The first-order valence-electron chi connectivity index (χ1n) is 5.04. The molecule has 0 bridgehead atoms. The van der Waals surface area contributed by atoms with Crippen LogP contribution in [0.5, 0.6) is 0 Å². The molecular formula is C11H14ClNOS.